The Kier molecular flexibility index (Phi) is 3.88. The lowest BCUT2D eigenvalue weighted by molar-refractivity contribution is -0.177. The Balaban J connectivity index is 1.64. The number of aliphatic hydroxyl groups is 2. The van der Waals surface area contributed by atoms with Crippen LogP contribution in [0, 0.1) is 22.7 Å². The van der Waals surface area contributed by atoms with Crippen LogP contribution >= 0.6 is 0 Å². The lowest BCUT2D eigenvalue weighted by Gasteiger charge is -2.58. The number of fused-ring (bicyclic) bond motifs is 1. The van der Waals surface area contributed by atoms with Crippen LogP contribution in [0.3, 0.4) is 0 Å². The molecule has 2 bridgehead atoms. The van der Waals surface area contributed by atoms with Crippen LogP contribution in [-0.2, 0) is 14.3 Å². The smallest absolute Gasteiger partial charge is 0.336 e. The van der Waals surface area contributed by atoms with Crippen LogP contribution in [0.1, 0.15) is 65.7 Å². The monoisotopic (exact) mass is 350 g/mol. The molecule has 0 radical (unpaired) electrons. The quantitative estimate of drug-likeness (QED) is 0.766. The lowest BCUT2D eigenvalue weighted by Crippen LogP contribution is -2.56. The lowest BCUT2D eigenvalue weighted by atomic mass is 9.45. The van der Waals surface area contributed by atoms with E-state index in [9.17, 15) is 15.0 Å². The van der Waals surface area contributed by atoms with Gasteiger partial charge in [-0.05, 0) is 68.8 Å². The molecule has 140 valence electrons. The van der Waals surface area contributed by atoms with Crippen molar-refractivity contribution >= 4 is 5.97 Å². The minimum absolute atomic E-state index is 0.203. The molecule has 4 rings (SSSR count). The van der Waals surface area contributed by atoms with Gasteiger partial charge in [0.25, 0.3) is 0 Å². The maximum atomic E-state index is 11.8. The van der Waals surface area contributed by atoms with Gasteiger partial charge in [0.05, 0.1) is 5.60 Å². The molecule has 1 spiro atoms. The minimum Gasteiger partial charge on any atom is -0.429 e. The first kappa shape index (κ1) is 17.5. The summed E-state index contributed by atoms with van der Waals surface area (Å²) in [5.74, 6) is 0.250. The highest BCUT2D eigenvalue weighted by molar-refractivity contribution is 5.90. The maximum absolute atomic E-state index is 11.8. The molecule has 3 fully saturated rings. The highest BCUT2D eigenvalue weighted by Crippen LogP contribution is 2.69. The summed E-state index contributed by atoms with van der Waals surface area (Å²) in [5.41, 5.74) is 0.217. The van der Waals surface area contributed by atoms with Crippen molar-refractivity contribution in [1.29, 1.82) is 0 Å². The van der Waals surface area contributed by atoms with Crippen LogP contribution in [0.2, 0.25) is 0 Å². The number of aliphatic hydroxyl groups excluding tert-OH is 2. The van der Waals surface area contributed by atoms with E-state index in [0.29, 0.717) is 17.9 Å². The average molecular weight is 350 g/mol. The normalized spacial score (nSPS) is 48.0. The van der Waals surface area contributed by atoms with E-state index < -0.39 is 18.5 Å². The molecule has 5 heteroatoms. The van der Waals surface area contributed by atoms with E-state index in [1.165, 1.54) is 12.5 Å². The molecule has 2 heterocycles. The fourth-order valence-corrected chi connectivity index (χ4v) is 6.67. The van der Waals surface area contributed by atoms with Crippen LogP contribution in [0.5, 0.6) is 0 Å². The van der Waals surface area contributed by atoms with E-state index in [2.05, 4.69) is 20.8 Å². The van der Waals surface area contributed by atoms with Crippen molar-refractivity contribution in [2.24, 2.45) is 22.7 Å². The van der Waals surface area contributed by atoms with Crippen LogP contribution in [-0.4, -0.2) is 34.4 Å². The predicted molar refractivity (Wildman–Crippen MR) is 91.2 cm³/mol. The SMILES string of the molecule is CC1(C)CCC[C@@]23C(O)O[C@@](C)(CC[C@@H]12)[C@@H]3CCC1=CC(O)OC1=O. The van der Waals surface area contributed by atoms with Crippen molar-refractivity contribution in [2.75, 3.05) is 0 Å². The van der Waals surface area contributed by atoms with Gasteiger partial charge in [0.15, 0.2) is 6.29 Å². The Morgan fingerprint density at radius 2 is 1.96 bits per heavy atom. The third-order valence-corrected chi connectivity index (χ3v) is 7.72. The van der Waals surface area contributed by atoms with Gasteiger partial charge >= 0.3 is 5.97 Å². The van der Waals surface area contributed by atoms with Gasteiger partial charge in [-0.3, -0.25) is 0 Å². The molecule has 5 nitrogen and oxygen atoms in total. The number of hydrogen-bond donors (Lipinski definition) is 2. The average Bonchev–Trinajstić information content (AvgIpc) is 2.87. The highest BCUT2D eigenvalue weighted by Gasteiger charge is 2.69. The summed E-state index contributed by atoms with van der Waals surface area (Å²) in [5, 5.41) is 20.5. The number of hydrogen-bond acceptors (Lipinski definition) is 5. The molecule has 2 aliphatic carbocycles. The number of ether oxygens (including phenoxy) is 2. The topological polar surface area (TPSA) is 76.0 Å². The molecule has 0 aromatic heterocycles. The summed E-state index contributed by atoms with van der Waals surface area (Å²) in [4.78, 5) is 11.8. The van der Waals surface area contributed by atoms with E-state index in [1.807, 2.05) is 0 Å². The third kappa shape index (κ3) is 2.42. The minimum atomic E-state index is -1.11. The van der Waals surface area contributed by atoms with Gasteiger partial charge in [-0.2, -0.15) is 0 Å². The molecule has 0 aromatic carbocycles. The molecular formula is C20H30O5. The highest BCUT2D eigenvalue weighted by atomic mass is 16.6. The summed E-state index contributed by atoms with van der Waals surface area (Å²) in [6, 6.07) is 0. The summed E-state index contributed by atoms with van der Waals surface area (Å²) in [6.45, 7) is 6.79. The molecule has 2 aliphatic heterocycles. The van der Waals surface area contributed by atoms with Gasteiger partial charge in [-0.25, -0.2) is 4.79 Å². The molecule has 2 unspecified atom stereocenters. The zero-order valence-corrected chi connectivity index (χ0v) is 15.5. The Hall–Kier alpha value is -0.910. The van der Waals surface area contributed by atoms with E-state index in [4.69, 9.17) is 9.47 Å². The van der Waals surface area contributed by atoms with Gasteiger partial charge < -0.3 is 19.7 Å². The molecule has 0 aromatic rings. The summed E-state index contributed by atoms with van der Waals surface area (Å²) in [7, 11) is 0. The van der Waals surface area contributed by atoms with Crippen molar-refractivity contribution in [1.82, 2.24) is 0 Å². The molecular weight excluding hydrogens is 320 g/mol. The summed E-state index contributed by atoms with van der Waals surface area (Å²) < 4.78 is 11.0. The number of cyclic esters (lactones) is 1. The van der Waals surface area contributed by atoms with Gasteiger partial charge in [0.2, 0.25) is 6.29 Å². The first-order valence-electron chi connectivity index (χ1n) is 9.65. The molecule has 25 heavy (non-hydrogen) atoms. The fourth-order valence-electron chi connectivity index (χ4n) is 6.67. The van der Waals surface area contributed by atoms with Crippen LogP contribution in [0.25, 0.3) is 0 Å². The summed E-state index contributed by atoms with van der Waals surface area (Å²) >= 11 is 0. The van der Waals surface area contributed by atoms with Gasteiger partial charge in [-0.15, -0.1) is 0 Å². The maximum Gasteiger partial charge on any atom is 0.336 e. The van der Waals surface area contributed by atoms with Crippen molar-refractivity contribution < 1.29 is 24.5 Å². The largest absolute Gasteiger partial charge is 0.429 e. The Morgan fingerprint density at radius 1 is 1.20 bits per heavy atom. The van der Waals surface area contributed by atoms with E-state index >= 15 is 0 Å². The van der Waals surface area contributed by atoms with Crippen LogP contribution < -0.4 is 0 Å². The molecule has 1 saturated heterocycles. The van der Waals surface area contributed by atoms with Gasteiger partial charge in [0.1, 0.15) is 0 Å². The zero-order valence-electron chi connectivity index (χ0n) is 15.5. The number of carbonyl (C=O) groups is 1. The molecule has 4 aliphatic rings. The number of esters is 1. The first-order valence-corrected chi connectivity index (χ1v) is 9.65. The first-order chi connectivity index (χ1) is 11.7. The second kappa shape index (κ2) is 5.54. The van der Waals surface area contributed by atoms with Crippen molar-refractivity contribution in [3.63, 3.8) is 0 Å². The molecule has 6 atom stereocenters. The van der Waals surface area contributed by atoms with E-state index in [-0.39, 0.29) is 22.3 Å². The van der Waals surface area contributed by atoms with E-state index in [1.54, 1.807) is 0 Å². The Labute approximate surface area is 149 Å². The van der Waals surface area contributed by atoms with Crippen molar-refractivity contribution in [3.8, 4) is 0 Å². The van der Waals surface area contributed by atoms with Crippen LogP contribution in [0.4, 0.5) is 0 Å². The third-order valence-electron chi connectivity index (χ3n) is 7.72. The van der Waals surface area contributed by atoms with Crippen molar-refractivity contribution in [3.05, 3.63) is 11.6 Å². The second-order valence-corrected chi connectivity index (χ2v) is 9.41. The summed E-state index contributed by atoms with van der Waals surface area (Å²) in [6.07, 6.45) is 6.39. The van der Waals surface area contributed by atoms with Gasteiger partial charge in [0, 0.05) is 11.0 Å². The molecule has 0 amide bonds. The fraction of sp³-hybridized carbons (Fsp3) is 0.850. The Bertz CT molecular complexity index is 611. The molecule has 2 saturated carbocycles. The zero-order chi connectivity index (χ0) is 18.0. The molecule has 2 N–H and O–H groups in total. The van der Waals surface area contributed by atoms with Crippen LogP contribution in [0.15, 0.2) is 11.6 Å². The van der Waals surface area contributed by atoms with Gasteiger partial charge in [-0.1, -0.05) is 20.3 Å². The second-order valence-electron chi connectivity index (χ2n) is 9.41. The predicted octanol–water partition coefficient (Wildman–Crippen LogP) is 2.90. The standard InChI is InChI=1S/C20H30O5/c1-18(2)8-4-9-20-13(18)7-10-19(3,25-17(20)23)14(20)6-5-12-11-15(21)24-16(12)22/h11,13-15,17,21,23H,4-10H2,1-3H3/t13-,14-,15?,17?,19-,20+/m0/s1. The van der Waals surface area contributed by atoms with Crippen molar-refractivity contribution in [2.45, 2.75) is 83.9 Å². The van der Waals surface area contributed by atoms with E-state index in [0.717, 1.165) is 32.1 Å². The Morgan fingerprint density at radius 3 is 2.64 bits per heavy atom. The number of rotatable bonds is 3. The number of carbonyl (C=O) groups excluding carboxylic acids is 1.